The molecule has 5 nitrogen and oxygen atoms in total. The molecule has 0 radical (unpaired) electrons. The van der Waals surface area contributed by atoms with E-state index >= 15 is 0 Å². The maximum atomic E-state index is 12.8. The molecule has 5 heteroatoms. The van der Waals surface area contributed by atoms with Gasteiger partial charge in [-0.3, -0.25) is 4.79 Å². The van der Waals surface area contributed by atoms with Crippen molar-refractivity contribution in [3.05, 3.63) is 83.7 Å². The number of hydrogen-bond acceptors (Lipinski definition) is 4. The average molecular weight is 415 g/mol. The Bertz CT molecular complexity index is 1080. The molecule has 0 spiro atoms. The Morgan fingerprint density at radius 3 is 2.55 bits per heavy atom. The first-order chi connectivity index (χ1) is 15.2. The lowest BCUT2D eigenvalue weighted by atomic mass is 10.00. The number of carbonyl (C=O) groups excluding carboxylic acids is 2. The zero-order valence-electron chi connectivity index (χ0n) is 17.6. The minimum absolute atomic E-state index is 0.149. The fourth-order valence-corrected chi connectivity index (χ4v) is 3.79. The van der Waals surface area contributed by atoms with Crippen LogP contribution in [0, 0.1) is 0 Å². The molecule has 4 rings (SSSR count). The Balaban J connectivity index is 1.65. The minimum atomic E-state index is -0.377. The van der Waals surface area contributed by atoms with Crippen molar-refractivity contribution in [2.24, 2.45) is 0 Å². The van der Waals surface area contributed by atoms with Crippen LogP contribution in [-0.4, -0.2) is 18.5 Å². The maximum Gasteiger partial charge on any atom is 0.354 e. The topological polar surface area (TPSA) is 67.4 Å². The van der Waals surface area contributed by atoms with Crippen LogP contribution in [0.4, 0.5) is 5.69 Å². The van der Waals surface area contributed by atoms with E-state index in [9.17, 15) is 9.59 Å². The van der Waals surface area contributed by atoms with Crippen LogP contribution in [0.5, 0.6) is 0 Å². The molecular formula is C26H26N2O3. The zero-order valence-corrected chi connectivity index (χ0v) is 17.6. The number of fused-ring (bicyclic) bond motifs is 1. The van der Waals surface area contributed by atoms with E-state index < -0.39 is 0 Å². The van der Waals surface area contributed by atoms with Gasteiger partial charge in [-0.25, -0.2) is 4.79 Å². The third-order valence-electron chi connectivity index (χ3n) is 5.35. The van der Waals surface area contributed by atoms with Crippen molar-refractivity contribution in [2.75, 3.05) is 11.9 Å². The number of rotatable bonds is 4. The summed E-state index contributed by atoms with van der Waals surface area (Å²) < 4.78 is 5.17. The molecule has 0 bridgehead atoms. The van der Waals surface area contributed by atoms with Gasteiger partial charge in [-0.1, -0.05) is 54.6 Å². The standard InChI is InChI=1S/C26H26N2O3/c1-2-31-26(30)23-13-9-4-3-8-12-20(27-23)17-22-21-15-14-19(16-24(21)28-25(22)29)18-10-6-5-7-11-18/h5-7,10-17,27H,2-4,8-9H2,1H3,(H,28,29)/b20-12+,22-17-,23-13+. The molecule has 2 N–H and O–H groups in total. The van der Waals surface area contributed by atoms with Gasteiger partial charge in [0.15, 0.2) is 0 Å². The summed E-state index contributed by atoms with van der Waals surface area (Å²) in [6.07, 6.45) is 9.43. The molecule has 2 aliphatic heterocycles. The summed E-state index contributed by atoms with van der Waals surface area (Å²) in [5.74, 6) is -0.526. The Morgan fingerprint density at radius 2 is 1.77 bits per heavy atom. The number of allylic oxidation sites excluding steroid dienone is 3. The molecule has 31 heavy (non-hydrogen) atoms. The summed E-state index contributed by atoms with van der Waals surface area (Å²) in [5.41, 5.74) is 5.53. The predicted octanol–water partition coefficient (Wildman–Crippen LogP) is 5.18. The highest BCUT2D eigenvalue weighted by molar-refractivity contribution is 6.32. The van der Waals surface area contributed by atoms with Crippen LogP contribution in [0.25, 0.3) is 16.7 Å². The van der Waals surface area contributed by atoms with E-state index in [0.717, 1.165) is 53.8 Å². The number of hydrogen-bond donors (Lipinski definition) is 2. The average Bonchev–Trinajstić information content (AvgIpc) is 3.15. The van der Waals surface area contributed by atoms with Gasteiger partial charge < -0.3 is 15.4 Å². The molecular weight excluding hydrogens is 388 g/mol. The summed E-state index contributed by atoms with van der Waals surface area (Å²) in [4.78, 5) is 25.1. The van der Waals surface area contributed by atoms with E-state index in [4.69, 9.17) is 4.74 Å². The summed E-state index contributed by atoms with van der Waals surface area (Å²) in [7, 11) is 0. The van der Waals surface area contributed by atoms with Crippen LogP contribution >= 0.6 is 0 Å². The second kappa shape index (κ2) is 9.47. The van der Waals surface area contributed by atoms with Crippen LogP contribution in [0.3, 0.4) is 0 Å². The molecule has 0 atom stereocenters. The van der Waals surface area contributed by atoms with Crippen LogP contribution in [0.15, 0.2) is 78.2 Å². The number of esters is 1. The molecule has 0 saturated heterocycles. The molecule has 158 valence electrons. The van der Waals surface area contributed by atoms with Crippen molar-refractivity contribution in [1.82, 2.24) is 5.32 Å². The first-order valence-corrected chi connectivity index (χ1v) is 10.7. The number of benzene rings is 2. The van der Waals surface area contributed by atoms with Gasteiger partial charge >= 0.3 is 5.97 Å². The number of carbonyl (C=O) groups is 2. The predicted molar refractivity (Wildman–Crippen MR) is 123 cm³/mol. The monoisotopic (exact) mass is 414 g/mol. The lowest BCUT2D eigenvalue weighted by Gasteiger charge is -2.11. The first kappa shape index (κ1) is 20.7. The highest BCUT2D eigenvalue weighted by Gasteiger charge is 2.25. The number of ether oxygens (including phenoxy) is 1. The van der Waals surface area contributed by atoms with Crippen molar-refractivity contribution in [3.8, 4) is 11.1 Å². The SMILES string of the molecule is CCOC(=O)/C1=C\CCCC/C=C(\C=C2/C(=O)Nc3cc(-c4ccccc4)ccc32)N1. The van der Waals surface area contributed by atoms with E-state index in [0.29, 0.717) is 17.9 Å². The fourth-order valence-electron chi connectivity index (χ4n) is 3.79. The minimum Gasteiger partial charge on any atom is -0.461 e. The molecule has 2 heterocycles. The Hall–Kier alpha value is -3.60. The van der Waals surface area contributed by atoms with Gasteiger partial charge in [-0.15, -0.1) is 0 Å². The first-order valence-electron chi connectivity index (χ1n) is 10.7. The summed E-state index contributed by atoms with van der Waals surface area (Å²) >= 11 is 0. The van der Waals surface area contributed by atoms with Crippen LogP contribution in [0.1, 0.15) is 38.2 Å². The normalized spacial score (nSPS) is 20.7. The van der Waals surface area contributed by atoms with Crippen molar-refractivity contribution in [3.63, 3.8) is 0 Å². The van der Waals surface area contributed by atoms with Crippen LogP contribution in [-0.2, 0) is 14.3 Å². The van der Waals surface area contributed by atoms with Crippen molar-refractivity contribution < 1.29 is 14.3 Å². The van der Waals surface area contributed by atoms with E-state index in [-0.39, 0.29) is 11.9 Å². The van der Waals surface area contributed by atoms with Gasteiger partial charge in [0.1, 0.15) is 5.70 Å². The summed E-state index contributed by atoms with van der Waals surface area (Å²) in [6, 6.07) is 16.1. The highest BCUT2D eigenvalue weighted by Crippen LogP contribution is 2.35. The lowest BCUT2D eigenvalue weighted by Crippen LogP contribution is -2.22. The zero-order chi connectivity index (χ0) is 21.6. The van der Waals surface area contributed by atoms with Crippen molar-refractivity contribution >= 4 is 23.1 Å². The number of amides is 1. The van der Waals surface area contributed by atoms with Gasteiger partial charge in [0, 0.05) is 16.9 Å². The Labute approximate surface area is 182 Å². The number of nitrogens with one attached hydrogen (secondary N) is 2. The molecule has 0 unspecified atom stereocenters. The van der Waals surface area contributed by atoms with Crippen LogP contribution in [0.2, 0.25) is 0 Å². The third kappa shape index (κ3) is 4.77. The van der Waals surface area contributed by atoms with E-state index in [1.165, 1.54) is 0 Å². The van der Waals surface area contributed by atoms with Crippen LogP contribution < -0.4 is 10.6 Å². The van der Waals surface area contributed by atoms with E-state index in [1.54, 1.807) is 6.92 Å². The van der Waals surface area contributed by atoms with E-state index in [1.807, 2.05) is 66.8 Å². The Kier molecular flexibility index (Phi) is 6.32. The number of anilines is 1. The van der Waals surface area contributed by atoms with Gasteiger partial charge in [0.2, 0.25) is 0 Å². The molecule has 0 saturated carbocycles. The fraction of sp³-hybridized carbons (Fsp3) is 0.231. The largest absolute Gasteiger partial charge is 0.461 e. The lowest BCUT2D eigenvalue weighted by molar-refractivity contribution is -0.138. The van der Waals surface area contributed by atoms with Crippen molar-refractivity contribution in [1.29, 1.82) is 0 Å². The summed E-state index contributed by atoms with van der Waals surface area (Å²) in [6.45, 7) is 2.10. The highest BCUT2D eigenvalue weighted by atomic mass is 16.5. The molecule has 2 aromatic rings. The molecule has 0 aliphatic carbocycles. The third-order valence-corrected chi connectivity index (χ3v) is 5.35. The van der Waals surface area contributed by atoms with Gasteiger partial charge in [0.05, 0.1) is 12.2 Å². The molecule has 2 aliphatic rings. The second-order valence-corrected chi connectivity index (χ2v) is 7.55. The van der Waals surface area contributed by atoms with Crippen molar-refractivity contribution in [2.45, 2.75) is 32.6 Å². The quantitative estimate of drug-likeness (QED) is 0.534. The van der Waals surface area contributed by atoms with Gasteiger partial charge in [-0.05, 0) is 55.9 Å². The Morgan fingerprint density at radius 1 is 1.00 bits per heavy atom. The molecule has 0 aromatic heterocycles. The second-order valence-electron chi connectivity index (χ2n) is 7.55. The summed E-state index contributed by atoms with van der Waals surface area (Å²) in [5, 5.41) is 6.16. The smallest absolute Gasteiger partial charge is 0.354 e. The molecule has 1 amide bonds. The van der Waals surface area contributed by atoms with E-state index in [2.05, 4.69) is 10.6 Å². The van der Waals surface area contributed by atoms with Gasteiger partial charge in [0.25, 0.3) is 5.91 Å². The molecule has 0 fully saturated rings. The maximum absolute atomic E-state index is 12.8. The molecule has 2 aromatic carbocycles. The van der Waals surface area contributed by atoms with Gasteiger partial charge in [-0.2, -0.15) is 0 Å².